The first-order valence-corrected chi connectivity index (χ1v) is 22.8. The maximum absolute atomic E-state index is 12.5. The number of rotatable bonds is 22. The molecule has 0 spiro atoms. The Morgan fingerprint density at radius 2 is 1.76 bits per heavy atom. The molecule has 3 rings (SSSR count). The first-order chi connectivity index (χ1) is 25.0. The highest BCUT2D eigenvalue weighted by molar-refractivity contribution is 8.77. The molecule has 1 saturated heterocycles. The number of benzene rings is 1. The van der Waals surface area contributed by atoms with Gasteiger partial charge in [-0.15, -0.1) is 0 Å². The Balaban J connectivity index is 1.42. The number of nitrogens with one attached hydrogen (secondary N) is 3. The Labute approximate surface area is 318 Å². The maximum Gasteiger partial charge on any atom is 0.490 e. The van der Waals surface area contributed by atoms with Gasteiger partial charge < -0.3 is 60.8 Å². The second-order valence-corrected chi connectivity index (χ2v) is 19.6. The van der Waals surface area contributed by atoms with Crippen molar-refractivity contribution in [2.45, 2.75) is 62.7 Å². The third kappa shape index (κ3) is 16.6. The van der Waals surface area contributed by atoms with Gasteiger partial charge in [0, 0.05) is 42.3 Å². The van der Waals surface area contributed by atoms with Gasteiger partial charge in [0.25, 0.3) is 11.8 Å². The van der Waals surface area contributed by atoms with E-state index in [-0.39, 0.29) is 48.5 Å². The van der Waals surface area contributed by atoms with Gasteiger partial charge in [0.2, 0.25) is 5.91 Å². The SMILES string of the molecule is CC(C)(CNC(=O)CCCCNC(=O)c1ccc(B(O)O)cc1)SSCOC1C[C@H](N2CNC(N)=CC2=O)O[C@@H]1COP(=O)(O)OP(=O)(O)OP(=O)(O)O. The van der Waals surface area contributed by atoms with Gasteiger partial charge in [-0.3, -0.25) is 23.8 Å². The van der Waals surface area contributed by atoms with Crippen LogP contribution < -0.4 is 27.1 Å². The second kappa shape index (κ2) is 20.4. The standard InChI is InChI=1S/C26H43BN5O17P3S2/c1-26(2,14-30-22(33)5-3-4-10-29-25(35)17-6-8-18(9-7-17)27(36)37)54-53-16-45-19-11-24(32-15-31-21(28)12-23(32)34)47-20(19)13-46-51(41,42)49-52(43,44)48-50(38,39)40/h6-9,12,19-20,24,31,36-37H,3-5,10-11,13-16,28H2,1-2H3,(H,29,35)(H,30,33)(H,41,42)(H,43,44)(H2,38,39,40)/t19?,20-,24-/m1/s1. The second-order valence-electron chi connectivity index (χ2n) is 12.3. The van der Waals surface area contributed by atoms with Crippen LogP contribution in [0.25, 0.3) is 0 Å². The number of unbranched alkanes of at least 4 members (excludes halogenated alkanes) is 1. The average Bonchev–Trinajstić information content (AvgIpc) is 3.45. The molecule has 11 N–H and O–H groups in total. The zero-order valence-electron chi connectivity index (χ0n) is 28.9. The number of nitrogens with zero attached hydrogens (tertiary/aromatic N) is 1. The molecule has 0 radical (unpaired) electrons. The number of nitrogens with two attached hydrogens (primary N) is 1. The fourth-order valence-electron chi connectivity index (χ4n) is 4.70. The number of hydrogen-bond donors (Lipinski definition) is 10. The zero-order valence-corrected chi connectivity index (χ0v) is 33.2. The summed E-state index contributed by atoms with van der Waals surface area (Å²) in [5.41, 5.74) is 6.27. The summed E-state index contributed by atoms with van der Waals surface area (Å²) in [7, 11) is -15.8. The Kier molecular flexibility index (Phi) is 17.5. The molecule has 22 nitrogen and oxygen atoms in total. The van der Waals surface area contributed by atoms with Crippen LogP contribution >= 0.6 is 45.1 Å². The minimum atomic E-state index is -5.75. The molecule has 28 heteroatoms. The van der Waals surface area contributed by atoms with E-state index in [0.29, 0.717) is 31.5 Å². The number of hydrogen-bond acceptors (Lipinski definition) is 17. The molecular weight excluding hydrogens is 822 g/mol. The maximum atomic E-state index is 12.5. The normalized spacial score (nSPS) is 21.4. The van der Waals surface area contributed by atoms with E-state index >= 15 is 0 Å². The first kappa shape index (κ1) is 46.4. The highest BCUT2D eigenvalue weighted by Crippen LogP contribution is 2.66. The van der Waals surface area contributed by atoms with E-state index in [2.05, 4.69) is 24.6 Å². The molecule has 0 saturated carbocycles. The lowest BCUT2D eigenvalue weighted by Crippen LogP contribution is -2.49. The lowest BCUT2D eigenvalue weighted by Gasteiger charge is -2.31. The topological polar surface area (TPSA) is 335 Å². The molecular formula is C26H43BN5O17P3S2. The zero-order chi connectivity index (χ0) is 40.3. The highest BCUT2D eigenvalue weighted by atomic mass is 33.1. The lowest BCUT2D eigenvalue weighted by molar-refractivity contribution is -0.143. The fourth-order valence-corrected chi connectivity index (χ4v) is 9.91. The van der Waals surface area contributed by atoms with Crippen molar-refractivity contribution in [1.82, 2.24) is 20.9 Å². The number of phosphoric acid groups is 3. The van der Waals surface area contributed by atoms with Crippen molar-refractivity contribution in [2.75, 3.05) is 32.3 Å². The van der Waals surface area contributed by atoms with Crippen LogP contribution in [-0.2, 0) is 45.9 Å². The van der Waals surface area contributed by atoms with Crippen LogP contribution in [0.1, 0.15) is 49.9 Å². The largest absolute Gasteiger partial charge is 0.490 e. The molecule has 3 unspecified atom stereocenters. The monoisotopic (exact) mass is 865 g/mol. The van der Waals surface area contributed by atoms with Crippen LogP contribution in [0.3, 0.4) is 0 Å². The molecule has 304 valence electrons. The van der Waals surface area contributed by atoms with E-state index in [1.54, 1.807) is 0 Å². The van der Waals surface area contributed by atoms with Gasteiger partial charge in [0.15, 0.2) is 0 Å². The Hall–Kier alpha value is -2.02. The average molecular weight is 866 g/mol. The van der Waals surface area contributed by atoms with Crippen molar-refractivity contribution in [2.24, 2.45) is 5.73 Å². The Morgan fingerprint density at radius 1 is 1.07 bits per heavy atom. The summed E-state index contributed by atoms with van der Waals surface area (Å²) in [5, 5.41) is 26.7. The van der Waals surface area contributed by atoms with Gasteiger partial charge in [0.05, 0.1) is 19.4 Å². The Bertz CT molecular complexity index is 1640. The number of carbonyl (C=O) groups is 3. The first-order valence-electron chi connectivity index (χ1n) is 15.9. The van der Waals surface area contributed by atoms with Crippen LogP contribution in [0.4, 0.5) is 0 Å². The summed E-state index contributed by atoms with van der Waals surface area (Å²) >= 11 is 0. The number of phosphoric ester groups is 1. The molecule has 1 aromatic rings. The molecule has 0 bridgehead atoms. The van der Waals surface area contributed by atoms with Crippen molar-refractivity contribution in [3.63, 3.8) is 0 Å². The van der Waals surface area contributed by atoms with E-state index in [1.165, 1.54) is 50.8 Å². The highest BCUT2D eigenvalue weighted by Gasteiger charge is 2.45. The third-order valence-electron chi connectivity index (χ3n) is 7.27. The molecule has 0 aliphatic carbocycles. The predicted molar refractivity (Wildman–Crippen MR) is 195 cm³/mol. The van der Waals surface area contributed by atoms with Gasteiger partial charge in [0.1, 0.15) is 24.1 Å². The quantitative estimate of drug-likeness (QED) is 0.0232. The van der Waals surface area contributed by atoms with Crippen molar-refractivity contribution in [1.29, 1.82) is 0 Å². The van der Waals surface area contributed by atoms with Gasteiger partial charge in [-0.05, 0) is 44.3 Å². The summed E-state index contributed by atoms with van der Waals surface area (Å²) in [6.45, 7) is 3.61. The van der Waals surface area contributed by atoms with E-state index in [0.717, 1.165) is 6.08 Å². The minimum absolute atomic E-state index is 0.0309. The molecule has 1 aromatic carbocycles. The van der Waals surface area contributed by atoms with Crippen LogP contribution in [0.2, 0.25) is 0 Å². The molecule has 0 aromatic heterocycles. The fraction of sp³-hybridized carbons (Fsp3) is 0.577. The lowest BCUT2D eigenvalue weighted by atomic mass is 9.80. The Morgan fingerprint density at radius 3 is 2.39 bits per heavy atom. The van der Waals surface area contributed by atoms with Crippen molar-refractivity contribution in [3.8, 4) is 0 Å². The van der Waals surface area contributed by atoms with Gasteiger partial charge in [-0.2, -0.15) is 8.62 Å². The smallest absolute Gasteiger partial charge is 0.423 e. The summed E-state index contributed by atoms with van der Waals surface area (Å²) in [6, 6.07) is 5.84. The van der Waals surface area contributed by atoms with Crippen molar-refractivity contribution < 1.29 is 80.3 Å². The molecule has 2 heterocycles. The minimum Gasteiger partial charge on any atom is -0.423 e. The summed E-state index contributed by atoms with van der Waals surface area (Å²) in [6.07, 6.45) is -0.426. The summed E-state index contributed by atoms with van der Waals surface area (Å²) < 4.78 is 58.5. The summed E-state index contributed by atoms with van der Waals surface area (Å²) in [5.74, 6) is -0.831. The van der Waals surface area contributed by atoms with Crippen LogP contribution in [-0.4, -0.2) is 115 Å². The third-order valence-corrected chi connectivity index (χ3v) is 14.0. The number of ether oxygens (including phenoxy) is 2. The molecule has 2 aliphatic rings. The van der Waals surface area contributed by atoms with Crippen LogP contribution in [0, 0.1) is 0 Å². The predicted octanol–water partition coefficient (Wildman–Crippen LogP) is -0.467. The van der Waals surface area contributed by atoms with E-state index in [9.17, 15) is 37.9 Å². The number of carbonyl (C=O) groups excluding carboxylic acids is 3. The van der Waals surface area contributed by atoms with E-state index in [1.807, 2.05) is 13.8 Å². The summed E-state index contributed by atoms with van der Waals surface area (Å²) in [4.78, 5) is 75.3. The van der Waals surface area contributed by atoms with E-state index < -0.39 is 66.3 Å². The van der Waals surface area contributed by atoms with E-state index in [4.69, 9.17) is 39.6 Å². The van der Waals surface area contributed by atoms with Crippen molar-refractivity contribution in [3.05, 3.63) is 41.7 Å². The van der Waals surface area contributed by atoms with Crippen LogP contribution in [0.15, 0.2) is 36.2 Å². The van der Waals surface area contributed by atoms with Gasteiger partial charge >= 0.3 is 30.6 Å². The van der Waals surface area contributed by atoms with Gasteiger partial charge in [-0.25, -0.2) is 13.7 Å². The molecule has 54 heavy (non-hydrogen) atoms. The van der Waals surface area contributed by atoms with Crippen LogP contribution in [0.5, 0.6) is 0 Å². The molecule has 3 amide bonds. The molecule has 5 atom stereocenters. The van der Waals surface area contributed by atoms with Gasteiger partial charge in [-0.1, -0.05) is 33.7 Å². The molecule has 1 fully saturated rings. The number of amides is 3. The van der Waals surface area contributed by atoms with Crippen molar-refractivity contribution >= 4 is 75.4 Å². The molecule has 2 aliphatic heterocycles.